The molecule has 0 aromatic carbocycles. The van der Waals surface area contributed by atoms with Crippen molar-refractivity contribution in [1.82, 2.24) is 0 Å². The number of hydrogen-bond acceptors (Lipinski definition) is 0. The van der Waals surface area contributed by atoms with E-state index in [0.717, 1.165) is 39.4 Å². The highest BCUT2D eigenvalue weighted by molar-refractivity contribution is 5.46. The molecule has 0 N–H and O–H groups in total. The molecule has 0 aromatic heterocycles. The summed E-state index contributed by atoms with van der Waals surface area (Å²) in [5.74, 6) is 6.83. The van der Waals surface area contributed by atoms with Gasteiger partial charge in [-0.15, -0.1) is 0 Å². The minimum Gasteiger partial charge on any atom is -0.0619 e. The molecule has 0 saturated heterocycles. The predicted octanol–water partition coefficient (Wildman–Crippen LogP) is 4.35. The Kier molecular flexibility index (Phi) is 1.12. The molecule has 0 aliphatic heterocycles. The van der Waals surface area contributed by atoms with Crippen molar-refractivity contribution in [1.29, 1.82) is 0 Å². The van der Waals surface area contributed by atoms with Crippen molar-refractivity contribution < 1.29 is 0 Å². The van der Waals surface area contributed by atoms with Crippen LogP contribution in [0.4, 0.5) is 0 Å². The van der Waals surface area contributed by atoms with Gasteiger partial charge in [0.1, 0.15) is 0 Å². The molecule has 0 nitrogen and oxygen atoms in total. The Labute approximate surface area is 111 Å². The van der Waals surface area contributed by atoms with Crippen LogP contribution in [0.25, 0.3) is 0 Å². The maximum atomic E-state index is 2.74. The molecule has 98 valence electrons. The van der Waals surface area contributed by atoms with Crippen LogP contribution in [0.1, 0.15) is 53.4 Å². The summed E-state index contributed by atoms with van der Waals surface area (Å²) in [5.41, 5.74) is 3.13. The van der Waals surface area contributed by atoms with Gasteiger partial charge in [0.25, 0.3) is 0 Å². The van der Waals surface area contributed by atoms with Crippen LogP contribution in [0.3, 0.4) is 0 Å². The molecule has 0 aromatic rings. The highest BCUT2D eigenvalue weighted by atomic mass is 15.0. The van der Waals surface area contributed by atoms with E-state index in [-0.39, 0.29) is 0 Å². The van der Waals surface area contributed by atoms with Crippen molar-refractivity contribution in [2.75, 3.05) is 0 Å². The van der Waals surface area contributed by atoms with E-state index < -0.39 is 0 Å². The molecule has 0 radical (unpaired) electrons. The highest BCUT2D eigenvalue weighted by Gasteiger charge is 2.99. The van der Waals surface area contributed by atoms with Crippen molar-refractivity contribution in [3.63, 3.8) is 0 Å². The van der Waals surface area contributed by atoms with Gasteiger partial charge in [-0.2, -0.15) is 0 Å². The average molecular weight is 242 g/mol. The Balaban J connectivity index is 1.52. The maximum Gasteiger partial charge on any atom is -0.0168 e. The third-order valence-corrected chi connectivity index (χ3v) is 11.0. The lowest BCUT2D eigenvalue weighted by molar-refractivity contribution is -0.561. The van der Waals surface area contributed by atoms with Crippen LogP contribution in [0.15, 0.2) is 0 Å². The zero-order valence-electron chi connectivity index (χ0n) is 12.3. The van der Waals surface area contributed by atoms with Gasteiger partial charge in [-0.25, -0.2) is 0 Å². The molecule has 18 heavy (non-hydrogen) atoms. The Morgan fingerprint density at radius 1 is 0.889 bits per heavy atom. The van der Waals surface area contributed by atoms with Gasteiger partial charge in [-0.3, -0.25) is 0 Å². The summed E-state index contributed by atoms with van der Waals surface area (Å²) >= 11 is 0. The van der Waals surface area contributed by atoms with E-state index in [2.05, 4.69) is 27.7 Å². The van der Waals surface area contributed by atoms with E-state index >= 15 is 0 Å². The number of rotatable bonds is 0. The van der Waals surface area contributed by atoms with Crippen molar-refractivity contribution in [3.05, 3.63) is 0 Å². The van der Waals surface area contributed by atoms with Gasteiger partial charge in [0.05, 0.1) is 0 Å². The van der Waals surface area contributed by atoms with Gasteiger partial charge in [-0.1, -0.05) is 27.7 Å². The SMILES string of the molecule is CC1CC2C3C4C5CC6CCC65C4(C)C3(C)C12C. The summed E-state index contributed by atoms with van der Waals surface area (Å²) in [6.45, 7) is 10.7. The molecule has 10 atom stereocenters. The minimum atomic E-state index is 0.734. The fraction of sp³-hybridized carbons (Fsp3) is 1.00. The number of hydrogen-bond donors (Lipinski definition) is 0. The smallest absolute Gasteiger partial charge is 0.0168 e. The van der Waals surface area contributed by atoms with Crippen LogP contribution in [0.5, 0.6) is 0 Å². The van der Waals surface area contributed by atoms with E-state index in [0.29, 0.717) is 0 Å². The third-order valence-electron chi connectivity index (χ3n) is 11.0. The second-order valence-corrected chi connectivity index (χ2v) is 9.60. The lowest BCUT2D eigenvalue weighted by Gasteiger charge is -3.03. The zero-order chi connectivity index (χ0) is 12.3. The normalized spacial score (nSPS) is 84.7. The summed E-state index contributed by atoms with van der Waals surface area (Å²) < 4.78 is 0. The topological polar surface area (TPSA) is 0 Å². The second kappa shape index (κ2) is 2.06. The summed E-state index contributed by atoms with van der Waals surface area (Å²) in [7, 11) is 0. The van der Waals surface area contributed by atoms with Gasteiger partial charge >= 0.3 is 0 Å². The van der Waals surface area contributed by atoms with Gasteiger partial charge in [0, 0.05) is 0 Å². The van der Waals surface area contributed by atoms with E-state index in [1.54, 1.807) is 25.7 Å². The molecule has 10 unspecified atom stereocenters. The molecule has 6 saturated carbocycles. The Hall–Kier alpha value is 0. The van der Waals surface area contributed by atoms with Crippen LogP contribution >= 0.6 is 0 Å². The van der Waals surface area contributed by atoms with Gasteiger partial charge in [0.2, 0.25) is 0 Å². The molecule has 0 heterocycles. The molecule has 1 spiro atoms. The van der Waals surface area contributed by atoms with Gasteiger partial charge < -0.3 is 0 Å². The molecule has 0 amide bonds. The fourth-order valence-corrected chi connectivity index (χ4v) is 10.00. The van der Waals surface area contributed by atoms with Gasteiger partial charge in [-0.05, 0) is 82.9 Å². The minimum absolute atomic E-state index is 0.734. The highest BCUT2D eigenvalue weighted by Crippen LogP contribution is 3.03. The lowest BCUT2D eigenvalue weighted by Crippen LogP contribution is -2.99. The summed E-state index contributed by atoms with van der Waals surface area (Å²) in [4.78, 5) is 0. The van der Waals surface area contributed by atoms with Crippen molar-refractivity contribution >= 4 is 0 Å². The van der Waals surface area contributed by atoms with Crippen molar-refractivity contribution in [2.45, 2.75) is 53.4 Å². The molecule has 6 aliphatic carbocycles. The first-order valence-electron chi connectivity index (χ1n) is 8.45. The molecular weight excluding hydrogens is 216 g/mol. The first-order valence-corrected chi connectivity index (χ1v) is 8.45. The van der Waals surface area contributed by atoms with Crippen LogP contribution in [0, 0.1) is 57.2 Å². The summed E-state index contributed by atoms with van der Waals surface area (Å²) in [6.07, 6.45) is 6.38. The molecular formula is C18H26. The number of fused-ring (bicyclic) bond motifs is 8. The van der Waals surface area contributed by atoms with Crippen LogP contribution in [0.2, 0.25) is 0 Å². The first kappa shape index (κ1) is 9.83. The first-order chi connectivity index (χ1) is 8.45. The summed E-state index contributed by atoms with van der Waals surface area (Å²) in [6, 6.07) is 0. The average Bonchev–Trinajstić information content (AvgIpc) is 2.33. The van der Waals surface area contributed by atoms with E-state index in [4.69, 9.17) is 0 Å². The predicted molar refractivity (Wildman–Crippen MR) is 71.8 cm³/mol. The Morgan fingerprint density at radius 3 is 2.17 bits per heavy atom. The quantitative estimate of drug-likeness (QED) is 0.592. The standard InChI is InChI=1S/C18H26/c1-9-7-11-13-14-12-8-10-5-6-18(10,12)17(14,4)16(13,3)15(9,11)2/h9-14H,5-8H2,1-4H3. The van der Waals surface area contributed by atoms with Crippen molar-refractivity contribution in [3.8, 4) is 0 Å². The monoisotopic (exact) mass is 242 g/mol. The van der Waals surface area contributed by atoms with E-state index in [1.165, 1.54) is 17.8 Å². The maximum absolute atomic E-state index is 2.74. The van der Waals surface area contributed by atoms with E-state index in [1.807, 2.05) is 0 Å². The lowest BCUT2D eigenvalue weighted by atomic mass is 9.01. The van der Waals surface area contributed by atoms with Crippen LogP contribution in [-0.4, -0.2) is 0 Å². The zero-order valence-corrected chi connectivity index (χ0v) is 12.3. The summed E-state index contributed by atoms with van der Waals surface area (Å²) in [5, 5.41) is 0. The molecule has 6 aliphatic rings. The van der Waals surface area contributed by atoms with E-state index in [9.17, 15) is 0 Å². The van der Waals surface area contributed by atoms with Crippen molar-refractivity contribution in [2.24, 2.45) is 57.2 Å². The largest absolute Gasteiger partial charge is 0.0619 e. The fourth-order valence-electron chi connectivity index (χ4n) is 10.00. The Morgan fingerprint density at radius 2 is 1.61 bits per heavy atom. The molecule has 0 heteroatoms. The molecule has 6 rings (SSSR count). The Bertz CT molecular complexity index is 474. The third kappa shape index (κ3) is 0.454. The van der Waals surface area contributed by atoms with Gasteiger partial charge in [0.15, 0.2) is 0 Å². The van der Waals surface area contributed by atoms with Crippen LogP contribution in [-0.2, 0) is 0 Å². The molecule has 6 fully saturated rings. The van der Waals surface area contributed by atoms with Crippen LogP contribution < -0.4 is 0 Å². The second-order valence-electron chi connectivity index (χ2n) is 9.60. The molecule has 0 bridgehead atoms.